The molecule has 2 aromatic carbocycles. The van der Waals surface area contributed by atoms with Crippen molar-refractivity contribution in [1.82, 2.24) is 4.57 Å². The Bertz CT molecular complexity index is 893. The highest BCUT2D eigenvalue weighted by Crippen LogP contribution is 2.30. The molecular formula is C17H13NO2. The third kappa shape index (κ3) is 1.50. The molecule has 2 heterocycles. The highest BCUT2D eigenvalue weighted by atomic mass is 16.5. The molecule has 0 atom stereocenters. The molecule has 0 saturated carbocycles. The summed E-state index contributed by atoms with van der Waals surface area (Å²) in [5.41, 5.74) is 3.56. The minimum Gasteiger partial charge on any atom is -0.487 e. The van der Waals surface area contributed by atoms with E-state index >= 15 is 0 Å². The zero-order valence-corrected chi connectivity index (χ0v) is 11.1. The van der Waals surface area contributed by atoms with Crippen LogP contribution in [0, 0.1) is 6.92 Å². The van der Waals surface area contributed by atoms with Crippen LogP contribution in [0.15, 0.2) is 53.3 Å². The van der Waals surface area contributed by atoms with Crippen LogP contribution < -0.4 is 10.3 Å². The highest BCUT2D eigenvalue weighted by molar-refractivity contribution is 5.87. The Morgan fingerprint density at radius 2 is 1.95 bits per heavy atom. The van der Waals surface area contributed by atoms with E-state index in [9.17, 15) is 4.79 Å². The van der Waals surface area contributed by atoms with Crippen LogP contribution in [0.4, 0.5) is 0 Å². The molecule has 1 aromatic heterocycles. The van der Waals surface area contributed by atoms with Crippen LogP contribution in [0.25, 0.3) is 16.6 Å². The zero-order chi connectivity index (χ0) is 13.7. The quantitative estimate of drug-likeness (QED) is 0.623. The molecule has 0 amide bonds. The third-order valence-corrected chi connectivity index (χ3v) is 3.73. The maximum atomic E-state index is 12.6. The molecule has 4 rings (SSSR count). The zero-order valence-electron chi connectivity index (χ0n) is 11.1. The number of hydrogen-bond donors (Lipinski definition) is 0. The van der Waals surface area contributed by atoms with E-state index in [1.807, 2.05) is 55.5 Å². The van der Waals surface area contributed by atoms with Crippen molar-refractivity contribution in [3.8, 4) is 11.4 Å². The van der Waals surface area contributed by atoms with E-state index in [0.29, 0.717) is 6.61 Å². The molecular weight excluding hydrogens is 250 g/mol. The second-order valence-electron chi connectivity index (χ2n) is 5.12. The third-order valence-electron chi connectivity index (χ3n) is 3.73. The average molecular weight is 263 g/mol. The molecule has 0 N–H and O–H groups in total. The fourth-order valence-corrected chi connectivity index (χ4v) is 2.78. The summed E-state index contributed by atoms with van der Waals surface area (Å²) in [6, 6.07) is 15.8. The fourth-order valence-electron chi connectivity index (χ4n) is 2.78. The number of pyridine rings is 1. The Morgan fingerprint density at radius 3 is 2.85 bits per heavy atom. The van der Waals surface area contributed by atoms with Crippen molar-refractivity contribution in [2.45, 2.75) is 13.5 Å². The van der Waals surface area contributed by atoms with Gasteiger partial charge >= 0.3 is 0 Å². The van der Waals surface area contributed by atoms with Gasteiger partial charge < -0.3 is 4.74 Å². The fraction of sp³-hybridized carbons (Fsp3) is 0.118. The Kier molecular flexibility index (Phi) is 2.24. The second-order valence-corrected chi connectivity index (χ2v) is 5.12. The average Bonchev–Trinajstić information content (AvgIpc) is 2.46. The summed E-state index contributed by atoms with van der Waals surface area (Å²) in [7, 11) is 0. The standard InChI is InChI=1S/C17H13NO2/c1-11-8-13-5-3-7-15-16(13)18(17(11)19)14-6-2-4-12(9-14)10-20-15/h2-9H,10H2,1H3. The van der Waals surface area contributed by atoms with Crippen molar-refractivity contribution in [2.75, 3.05) is 0 Å². The molecule has 0 saturated heterocycles. The first-order valence-corrected chi connectivity index (χ1v) is 6.61. The van der Waals surface area contributed by atoms with Gasteiger partial charge in [0.2, 0.25) is 0 Å². The monoisotopic (exact) mass is 263 g/mol. The molecule has 2 bridgehead atoms. The molecule has 0 aliphatic carbocycles. The van der Waals surface area contributed by atoms with Crippen LogP contribution >= 0.6 is 0 Å². The predicted molar refractivity (Wildman–Crippen MR) is 78.6 cm³/mol. The van der Waals surface area contributed by atoms with Gasteiger partial charge in [-0.3, -0.25) is 9.36 Å². The molecule has 1 aliphatic rings. The molecule has 0 spiro atoms. The van der Waals surface area contributed by atoms with Crippen molar-refractivity contribution >= 4 is 10.9 Å². The normalized spacial score (nSPS) is 12.7. The SMILES string of the molecule is Cc1cc2cccc3c2n(c1=O)-c1cccc(c1)CO3. The predicted octanol–water partition coefficient (Wildman–Crippen LogP) is 3.19. The van der Waals surface area contributed by atoms with Crippen molar-refractivity contribution in [3.63, 3.8) is 0 Å². The number of aromatic nitrogens is 1. The number of hydrogen-bond acceptors (Lipinski definition) is 2. The van der Waals surface area contributed by atoms with Crippen LogP contribution in [0.1, 0.15) is 11.1 Å². The van der Waals surface area contributed by atoms with Crippen molar-refractivity contribution in [1.29, 1.82) is 0 Å². The number of rotatable bonds is 0. The molecule has 1 aliphatic heterocycles. The summed E-state index contributed by atoms with van der Waals surface area (Å²) in [4.78, 5) is 12.6. The molecule has 3 heteroatoms. The number of aryl methyl sites for hydroxylation is 1. The van der Waals surface area contributed by atoms with Crippen molar-refractivity contribution < 1.29 is 4.74 Å². The summed E-state index contributed by atoms with van der Waals surface area (Å²) in [6.45, 7) is 2.37. The summed E-state index contributed by atoms with van der Waals surface area (Å²) in [6.07, 6.45) is 0. The lowest BCUT2D eigenvalue weighted by Crippen LogP contribution is -2.22. The summed E-state index contributed by atoms with van der Waals surface area (Å²) >= 11 is 0. The summed E-state index contributed by atoms with van der Waals surface area (Å²) in [5, 5.41) is 1.02. The van der Waals surface area contributed by atoms with E-state index < -0.39 is 0 Å². The van der Waals surface area contributed by atoms with Crippen LogP contribution in [0.3, 0.4) is 0 Å². The van der Waals surface area contributed by atoms with Crippen molar-refractivity contribution in [3.05, 3.63) is 70.0 Å². The van der Waals surface area contributed by atoms with Gasteiger partial charge in [0.1, 0.15) is 12.4 Å². The number of nitrogens with zero attached hydrogens (tertiary/aromatic N) is 1. The molecule has 20 heavy (non-hydrogen) atoms. The number of para-hydroxylation sites is 1. The van der Waals surface area contributed by atoms with Gasteiger partial charge in [-0.2, -0.15) is 0 Å². The van der Waals surface area contributed by atoms with Crippen molar-refractivity contribution in [2.24, 2.45) is 0 Å². The van der Waals surface area contributed by atoms with Crippen LogP contribution in [-0.2, 0) is 6.61 Å². The van der Waals surface area contributed by atoms with Gasteiger partial charge in [-0.05, 0) is 36.8 Å². The van der Waals surface area contributed by atoms with E-state index in [-0.39, 0.29) is 5.56 Å². The molecule has 0 radical (unpaired) electrons. The minimum absolute atomic E-state index is 0.00704. The van der Waals surface area contributed by atoms with Gasteiger partial charge in [0, 0.05) is 16.6 Å². The molecule has 3 nitrogen and oxygen atoms in total. The first kappa shape index (κ1) is 11.3. The van der Waals surface area contributed by atoms with E-state index in [0.717, 1.165) is 33.5 Å². The molecule has 98 valence electrons. The Morgan fingerprint density at radius 1 is 1.10 bits per heavy atom. The van der Waals surface area contributed by atoms with E-state index in [4.69, 9.17) is 4.74 Å². The highest BCUT2D eigenvalue weighted by Gasteiger charge is 2.15. The first-order chi connectivity index (χ1) is 9.74. The lowest BCUT2D eigenvalue weighted by molar-refractivity contribution is 0.308. The van der Waals surface area contributed by atoms with Gasteiger partial charge in [0.25, 0.3) is 5.56 Å². The van der Waals surface area contributed by atoms with Crippen LogP contribution in [-0.4, -0.2) is 4.57 Å². The Hall–Kier alpha value is -2.55. The van der Waals surface area contributed by atoms with Gasteiger partial charge in [0.05, 0.1) is 5.52 Å². The van der Waals surface area contributed by atoms with E-state index in [1.165, 1.54) is 0 Å². The Labute approximate surface area is 116 Å². The summed E-state index contributed by atoms with van der Waals surface area (Å²) < 4.78 is 7.63. The Balaban J connectivity index is 2.27. The van der Waals surface area contributed by atoms with Gasteiger partial charge in [0.15, 0.2) is 0 Å². The first-order valence-electron chi connectivity index (χ1n) is 6.61. The molecule has 0 unspecified atom stereocenters. The molecule has 0 fully saturated rings. The largest absolute Gasteiger partial charge is 0.487 e. The number of benzene rings is 2. The smallest absolute Gasteiger partial charge is 0.258 e. The van der Waals surface area contributed by atoms with Gasteiger partial charge in [-0.1, -0.05) is 24.3 Å². The van der Waals surface area contributed by atoms with Gasteiger partial charge in [-0.15, -0.1) is 0 Å². The number of ether oxygens (including phenoxy) is 1. The lowest BCUT2D eigenvalue weighted by atomic mass is 10.1. The maximum Gasteiger partial charge on any atom is 0.258 e. The lowest BCUT2D eigenvalue weighted by Gasteiger charge is -2.19. The van der Waals surface area contributed by atoms with E-state index in [1.54, 1.807) is 4.57 Å². The maximum absolute atomic E-state index is 12.6. The summed E-state index contributed by atoms with van der Waals surface area (Å²) in [5.74, 6) is 0.756. The minimum atomic E-state index is 0.00704. The van der Waals surface area contributed by atoms with Gasteiger partial charge in [-0.25, -0.2) is 0 Å². The van der Waals surface area contributed by atoms with E-state index in [2.05, 4.69) is 0 Å². The number of fused-ring (bicyclic) bond motifs is 3. The van der Waals surface area contributed by atoms with Crippen LogP contribution in [0.5, 0.6) is 5.75 Å². The second kappa shape index (κ2) is 3.97. The topological polar surface area (TPSA) is 31.2 Å². The molecule has 3 aromatic rings. The van der Waals surface area contributed by atoms with Crippen LogP contribution in [0.2, 0.25) is 0 Å².